The van der Waals surface area contributed by atoms with Crippen LogP contribution < -0.4 is 4.90 Å². The van der Waals surface area contributed by atoms with E-state index in [9.17, 15) is 0 Å². The smallest absolute Gasteiger partial charge is 0.0642 e. The highest BCUT2D eigenvalue weighted by atomic mass is 32.1. The van der Waals surface area contributed by atoms with E-state index in [2.05, 4.69) is 64.7 Å². The van der Waals surface area contributed by atoms with Crippen molar-refractivity contribution in [2.24, 2.45) is 0 Å². The molecule has 5 rings (SSSR count). The summed E-state index contributed by atoms with van der Waals surface area (Å²) < 4.78 is 6.90. The van der Waals surface area contributed by atoms with Gasteiger partial charge in [-0.1, -0.05) is 18.2 Å². The highest BCUT2D eigenvalue weighted by Crippen LogP contribution is 2.39. The van der Waals surface area contributed by atoms with Crippen molar-refractivity contribution in [3.05, 3.63) is 64.5 Å². The van der Waals surface area contributed by atoms with Gasteiger partial charge >= 0.3 is 0 Å². The minimum absolute atomic E-state index is 0.445. The predicted octanol–water partition coefficient (Wildman–Crippen LogP) is 4.32. The molecule has 3 heterocycles. The van der Waals surface area contributed by atoms with Gasteiger partial charge < -0.3 is 14.5 Å². The van der Waals surface area contributed by atoms with Crippen LogP contribution in [0.3, 0.4) is 0 Å². The molecule has 1 saturated heterocycles. The number of benzene rings is 2. The van der Waals surface area contributed by atoms with Crippen molar-refractivity contribution in [2.75, 3.05) is 44.8 Å². The van der Waals surface area contributed by atoms with Gasteiger partial charge in [0.2, 0.25) is 0 Å². The molecule has 3 aromatic rings. The Morgan fingerprint density at radius 1 is 1.04 bits per heavy atom. The summed E-state index contributed by atoms with van der Waals surface area (Å²) in [6.45, 7) is 5.76. The maximum Gasteiger partial charge on any atom is 0.0642 e. The molecule has 2 aliphatic heterocycles. The summed E-state index contributed by atoms with van der Waals surface area (Å²) >= 11 is 1.84. The summed E-state index contributed by atoms with van der Waals surface area (Å²) in [6.07, 6.45) is 0. The number of anilines is 1. The Morgan fingerprint density at radius 3 is 2.81 bits per heavy atom. The van der Waals surface area contributed by atoms with Crippen LogP contribution in [0.1, 0.15) is 22.6 Å². The molecule has 1 unspecified atom stereocenters. The van der Waals surface area contributed by atoms with Crippen molar-refractivity contribution in [3.8, 4) is 0 Å². The van der Waals surface area contributed by atoms with Gasteiger partial charge in [-0.15, -0.1) is 11.3 Å². The van der Waals surface area contributed by atoms with Crippen LogP contribution in [0.15, 0.2) is 47.8 Å². The second-order valence-electron chi connectivity index (χ2n) is 7.41. The van der Waals surface area contributed by atoms with Crippen LogP contribution >= 0.6 is 11.3 Å². The van der Waals surface area contributed by atoms with Crippen molar-refractivity contribution in [1.29, 1.82) is 0 Å². The molecule has 2 aliphatic rings. The van der Waals surface area contributed by atoms with E-state index in [1.54, 1.807) is 0 Å². The number of rotatable bonds is 2. The predicted molar refractivity (Wildman–Crippen MR) is 109 cm³/mol. The number of hydrogen-bond donors (Lipinski definition) is 0. The maximum absolute atomic E-state index is 5.51. The number of hydrogen-bond acceptors (Lipinski definition) is 4. The highest BCUT2D eigenvalue weighted by Gasteiger charge is 2.27. The molecule has 2 aromatic carbocycles. The third-order valence-electron chi connectivity index (χ3n) is 5.72. The monoisotopic (exact) mass is 364 g/mol. The average molecular weight is 365 g/mol. The van der Waals surface area contributed by atoms with Crippen LogP contribution in [0.4, 0.5) is 5.69 Å². The van der Waals surface area contributed by atoms with Gasteiger partial charge in [0, 0.05) is 42.5 Å². The Morgan fingerprint density at radius 2 is 1.92 bits per heavy atom. The first-order chi connectivity index (χ1) is 12.8. The Hall–Kier alpha value is -1.88. The second-order valence-corrected chi connectivity index (χ2v) is 8.36. The second kappa shape index (κ2) is 6.69. The van der Waals surface area contributed by atoms with Crippen molar-refractivity contribution >= 4 is 27.1 Å². The zero-order valence-corrected chi connectivity index (χ0v) is 16.0. The molecule has 0 bridgehead atoms. The normalized spacial score (nSPS) is 21.1. The molecule has 0 spiro atoms. The molecule has 0 aliphatic carbocycles. The fraction of sp³-hybridized carbons (Fsp3) is 0.364. The Bertz CT molecular complexity index is 929. The lowest BCUT2D eigenvalue weighted by Gasteiger charge is -2.35. The summed E-state index contributed by atoms with van der Waals surface area (Å²) in [5.41, 5.74) is 5.78. The van der Waals surface area contributed by atoms with Crippen LogP contribution in [-0.4, -0.2) is 44.8 Å². The molecule has 0 saturated carbocycles. The minimum Gasteiger partial charge on any atom is -0.378 e. The van der Waals surface area contributed by atoms with Gasteiger partial charge in [0.1, 0.15) is 0 Å². The molecule has 0 amide bonds. The fourth-order valence-corrected chi connectivity index (χ4v) is 5.26. The number of ether oxygens (including phenoxy) is 1. The molecule has 1 aromatic heterocycles. The third kappa shape index (κ3) is 2.82. The first-order valence-electron chi connectivity index (χ1n) is 9.40. The van der Waals surface area contributed by atoms with Crippen LogP contribution in [-0.2, 0) is 11.3 Å². The number of fused-ring (bicyclic) bond motifs is 2. The largest absolute Gasteiger partial charge is 0.378 e. The zero-order chi connectivity index (χ0) is 17.5. The molecule has 26 heavy (non-hydrogen) atoms. The van der Waals surface area contributed by atoms with Crippen molar-refractivity contribution in [1.82, 2.24) is 4.90 Å². The summed E-state index contributed by atoms with van der Waals surface area (Å²) in [7, 11) is 2.24. The summed E-state index contributed by atoms with van der Waals surface area (Å²) in [6, 6.07) is 16.2. The zero-order valence-electron chi connectivity index (χ0n) is 15.1. The van der Waals surface area contributed by atoms with Gasteiger partial charge in [-0.2, -0.15) is 0 Å². The SMILES string of the molecule is CN1Cc2cc(N3CCOCC3)ccc2C(c2cccc3sccc23)C1. The lowest BCUT2D eigenvalue weighted by atomic mass is 9.83. The lowest BCUT2D eigenvalue weighted by molar-refractivity contribution is 0.122. The van der Waals surface area contributed by atoms with E-state index in [-0.39, 0.29) is 0 Å². The quantitative estimate of drug-likeness (QED) is 0.674. The van der Waals surface area contributed by atoms with E-state index in [4.69, 9.17) is 4.74 Å². The van der Waals surface area contributed by atoms with E-state index >= 15 is 0 Å². The number of nitrogens with zero attached hydrogens (tertiary/aromatic N) is 2. The van der Waals surface area contributed by atoms with Gasteiger partial charge in [0.25, 0.3) is 0 Å². The van der Waals surface area contributed by atoms with Crippen LogP contribution in [0.25, 0.3) is 10.1 Å². The van der Waals surface area contributed by atoms with E-state index in [0.717, 1.165) is 39.4 Å². The van der Waals surface area contributed by atoms with E-state index < -0.39 is 0 Å². The van der Waals surface area contributed by atoms with Crippen LogP contribution in [0, 0.1) is 0 Å². The van der Waals surface area contributed by atoms with Crippen LogP contribution in [0.5, 0.6) is 0 Å². The summed E-state index contributed by atoms with van der Waals surface area (Å²) in [5.74, 6) is 0.445. The van der Waals surface area contributed by atoms with Crippen LogP contribution in [0.2, 0.25) is 0 Å². The highest BCUT2D eigenvalue weighted by molar-refractivity contribution is 7.17. The molecular weight excluding hydrogens is 340 g/mol. The van der Waals surface area contributed by atoms with E-state index in [1.165, 1.54) is 32.5 Å². The molecule has 1 atom stereocenters. The first kappa shape index (κ1) is 16.3. The minimum atomic E-state index is 0.445. The molecule has 1 fully saturated rings. The average Bonchev–Trinajstić information content (AvgIpc) is 3.16. The standard InChI is InChI=1S/C22H24N2OS/c1-23-14-16-13-17(24-8-10-25-11-9-24)5-6-18(16)21(15-23)19-3-2-4-22-20(19)7-12-26-22/h2-7,12-13,21H,8-11,14-15H2,1H3. The van der Waals surface area contributed by atoms with Crippen molar-refractivity contribution in [3.63, 3.8) is 0 Å². The maximum atomic E-state index is 5.51. The summed E-state index contributed by atoms with van der Waals surface area (Å²) in [5, 5.41) is 3.63. The van der Waals surface area contributed by atoms with Gasteiger partial charge in [0.05, 0.1) is 13.2 Å². The first-order valence-corrected chi connectivity index (χ1v) is 10.3. The van der Waals surface area contributed by atoms with Gasteiger partial charge in [-0.05, 0) is 58.8 Å². The Kier molecular flexibility index (Phi) is 4.20. The van der Waals surface area contributed by atoms with Crippen molar-refractivity contribution in [2.45, 2.75) is 12.5 Å². The molecular formula is C22H24N2OS. The van der Waals surface area contributed by atoms with E-state index in [1.807, 2.05) is 11.3 Å². The number of likely N-dealkylation sites (N-methyl/N-ethyl adjacent to an activating group) is 1. The van der Waals surface area contributed by atoms with Gasteiger partial charge in [-0.3, -0.25) is 0 Å². The Labute approximate surface area is 158 Å². The van der Waals surface area contributed by atoms with Gasteiger partial charge in [0.15, 0.2) is 0 Å². The lowest BCUT2D eigenvalue weighted by Crippen LogP contribution is -2.36. The number of morpholine rings is 1. The number of thiophene rings is 1. The molecule has 0 N–H and O–H groups in total. The molecule has 134 valence electrons. The molecule has 3 nitrogen and oxygen atoms in total. The molecule has 0 radical (unpaired) electrons. The Balaban J connectivity index is 1.57. The summed E-state index contributed by atoms with van der Waals surface area (Å²) in [4.78, 5) is 4.91. The third-order valence-corrected chi connectivity index (χ3v) is 6.60. The van der Waals surface area contributed by atoms with Crippen molar-refractivity contribution < 1.29 is 4.74 Å². The van der Waals surface area contributed by atoms with Gasteiger partial charge in [-0.25, -0.2) is 0 Å². The topological polar surface area (TPSA) is 15.7 Å². The van der Waals surface area contributed by atoms with E-state index in [0.29, 0.717) is 5.92 Å². The fourth-order valence-electron chi connectivity index (χ4n) is 4.44. The molecule has 4 heteroatoms.